The summed E-state index contributed by atoms with van der Waals surface area (Å²) in [5.41, 5.74) is 15.4. The molecule has 0 unspecified atom stereocenters. The molecule has 11 aromatic rings. The zero-order valence-electron chi connectivity index (χ0n) is 33.2. The van der Waals surface area contributed by atoms with Gasteiger partial charge < -0.3 is 0 Å². The molecule has 0 fully saturated rings. The Morgan fingerprint density at radius 2 is 0.836 bits per heavy atom. The van der Waals surface area contributed by atoms with Gasteiger partial charge in [-0.25, -0.2) is 14.6 Å². The Bertz CT molecular complexity index is 3240. The molecule has 0 radical (unpaired) electrons. The SMILES string of the molecule is c1ccc(-c2cccc(-c3cc(-c4ccccc4-c4cc5ccccc5c5c4c(-c4ccccc4)nn5-c4ccccc4)nc(-c4cccc(-c5ccccc5)c4)n3)c2)cc1. The molecule has 0 aliphatic carbocycles. The third-order valence-corrected chi connectivity index (χ3v) is 11.4. The van der Waals surface area contributed by atoms with E-state index in [4.69, 9.17) is 15.1 Å². The molecule has 0 aliphatic rings. The van der Waals surface area contributed by atoms with E-state index in [9.17, 15) is 0 Å². The molecule has 9 aromatic carbocycles. The lowest BCUT2D eigenvalue weighted by Gasteiger charge is -2.16. The van der Waals surface area contributed by atoms with Crippen LogP contribution < -0.4 is 0 Å². The van der Waals surface area contributed by atoms with Crippen molar-refractivity contribution in [2.24, 2.45) is 0 Å². The number of hydrogen-bond acceptors (Lipinski definition) is 3. The van der Waals surface area contributed by atoms with E-state index in [1.807, 2.05) is 12.1 Å². The molecule has 0 atom stereocenters. The quantitative estimate of drug-likeness (QED) is 0.154. The Balaban J connectivity index is 1.18. The van der Waals surface area contributed by atoms with E-state index in [1.54, 1.807) is 0 Å². The first-order valence-electron chi connectivity index (χ1n) is 20.6. The van der Waals surface area contributed by atoms with E-state index in [1.165, 1.54) is 0 Å². The Labute approximate surface area is 354 Å². The molecule has 0 amide bonds. The summed E-state index contributed by atoms with van der Waals surface area (Å²) >= 11 is 0. The summed E-state index contributed by atoms with van der Waals surface area (Å²) < 4.78 is 2.12. The second kappa shape index (κ2) is 15.5. The number of hydrogen-bond donors (Lipinski definition) is 0. The maximum atomic E-state index is 5.44. The molecule has 0 saturated heterocycles. The summed E-state index contributed by atoms with van der Waals surface area (Å²) in [7, 11) is 0. The van der Waals surface area contributed by atoms with Gasteiger partial charge in [0.25, 0.3) is 0 Å². The van der Waals surface area contributed by atoms with Gasteiger partial charge in [-0.2, -0.15) is 5.10 Å². The maximum absolute atomic E-state index is 5.44. The number of nitrogens with zero attached hydrogens (tertiary/aromatic N) is 4. The second-order valence-corrected chi connectivity index (χ2v) is 15.2. The average molecular weight is 779 g/mol. The molecule has 4 heteroatoms. The lowest BCUT2D eigenvalue weighted by atomic mass is 9.90. The first-order chi connectivity index (χ1) is 30.2. The van der Waals surface area contributed by atoms with Crippen molar-refractivity contribution in [1.29, 1.82) is 0 Å². The van der Waals surface area contributed by atoms with Gasteiger partial charge in [-0.05, 0) is 75.2 Å². The van der Waals surface area contributed by atoms with Crippen molar-refractivity contribution in [2.75, 3.05) is 0 Å². The fourth-order valence-electron chi connectivity index (χ4n) is 8.52. The minimum Gasteiger partial charge on any atom is -0.232 e. The molecule has 61 heavy (non-hydrogen) atoms. The predicted octanol–water partition coefficient (Wildman–Crippen LogP) is 14.6. The molecule has 0 bridgehead atoms. The van der Waals surface area contributed by atoms with Crippen molar-refractivity contribution >= 4 is 21.7 Å². The molecule has 2 heterocycles. The smallest absolute Gasteiger partial charge is 0.160 e. The molecule has 11 rings (SSSR count). The zero-order valence-corrected chi connectivity index (χ0v) is 33.2. The van der Waals surface area contributed by atoms with Crippen molar-refractivity contribution in [2.45, 2.75) is 0 Å². The fraction of sp³-hybridized carbons (Fsp3) is 0. The van der Waals surface area contributed by atoms with Gasteiger partial charge in [-0.3, -0.25) is 0 Å². The van der Waals surface area contributed by atoms with E-state index in [0.29, 0.717) is 5.82 Å². The largest absolute Gasteiger partial charge is 0.232 e. The van der Waals surface area contributed by atoms with Crippen LogP contribution >= 0.6 is 0 Å². The van der Waals surface area contributed by atoms with Crippen LogP contribution in [0.1, 0.15) is 0 Å². The van der Waals surface area contributed by atoms with Crippen molar-refractivity contribution in [3.05, 3.63) is 231 Å². The third kappa shape index (κ3) is 6.76. The number of benzene rings is 9. The van der Waals surface area contributed by atoms with Crippen LogP contribution in [0.4, 0.5) is 0 Å². The molecular weight excluding hydrogens is 741 g/mol. The molecule has 2 aromatic heterocycles. The van der Waals surface area contributed by atoms with Gasteiger partial charge in [0.1, 0.15) is 5.69 Å². The van der Waals surface area contributed by atoms with E-state index >= 15 is 0 Å². The van der Waals surface area contributed by atoms with Gasteiger partial charge in [-0.15, -0.1) is 0 Å². The topological polar surface area (TPSA) is 43.6 Å². The maximum Gasteiger partial charge on any atom is 0.160 e. The molecule has 0 N–H and O–H groups in total. The van der Waals surface area contributed by atoms with Crippen LogP contribution in [0.3, 0.4) is 0 Å². The second-order valence-electron chi connectivity index (χ2n) is 15.2. The van der Waals surface area contributed by atoms with Crippen LogP contribution in [0.15, 0.2) is 231 Å². The van der Waals surface area contributed by atoms with Gasteiger partial charge in [-0.1, -0.05) is 194 Å². The van der Waals surface area contributed by atoms with Crippen molar-refractivity contribution in [3.63, 3.8) is 0 Å². The summed E-state index contributed by atoms with van der Waals surface area (Å²) in [6.45, 7) is 0. The summed E-state index contributed by atoms with van der Waals surface area (Å²) in [5.74, 6) is 0.663. The van der Waals surface area contributed by atoms with Crippen LogP contribution in [0.25, 0.3) is 106 Å². The zero-order chi connectivity index (χ0) is 40.5. The van der Waals surface area contributed by atoms with Crippen molar-refractivity contribution in [3.8, 4) is 84.2 Å². The first-order valence-corrected chi connectivity index (χ1v) is 20.6. The van der Waals surface area contributed by atoms with E-state index < -0.39 is 0 Å². The minimum atomic E-state index is 0.663. The molecule has 0 aliphatic heterocycles. The number of aromatic nitrogens is 4. The van der Waals surface area contributed by atoms with Gasteiger partial charge in [0, 0.05) is 33.0 Å². The van der Waals surface area contributed by atoms with Crippen molar-refractivity contribution in [1.82, 2.24) is 19.7 Å². The van der Waals surface area contributed by atoms with Gasteiger partial charge in [0.05, 0.1) is 22.6 Å². The van der Waals surface area contributed by atoms with Crippen LogP contribution in [-0.2, 0) is 0 Å². The lowest BCUT2D eigenvalue weighted by molar-refractivity contribution is 0.918. The van der Waals surface area contributed by atoms with Gasteiger partial charge in [0.2, 0.25) is 0 Å². The van der Waals surface area contributed by atoms with Crippen molar-refractivity contribution < 1.29 is 0 Å². The van der Waals surface area contributed by atoms with E-state index in [2.05, 4.69) is 223 Å². The Kier molecular flexibility index (Phi) is 9.14. The third-order valence-electron chi connectivity index (χ3n) is 11.4. The number of para-hydroxylation sites is 1. The monoisotopic (exact) mass is 778 g/mol. The highest BCUT2D eigenvalue weighted by Crippen LogP contribution is 2.44. The van der Waals surface area contributed by atoms with Crippen LogP contribution in [0, 0.1) is 0 Å². The van der Waals surface area contributed by atoms with Crippen LogP contribution in [0.2, 0.25) is 0 Å². The predicted molar refractivity (Wildman–Crippen MR) is 252 cm³/mol. The van der Waals surface area contributed by atoms with E-state index in [-0.39, 0.29) is 0 Å². The molecule has 0 spiro atoms. The summed E-state index contributed by atoms with van der Waals surface area (Å²) in [4.78, 5) is 10.8. The van der Waals surface area contributed by atoms with Gasteiger partial charge in [0.15, 0.2) is 5.82 Å². The fourth-order valence-corrected chi connectivity index (χ4v) is 8.52. The Morgan fingerprint density at radius 1 is 0.328 bits per heavy atom. The van der Waals surface area contributed by atoms with Crippen LogP contribution in [-0.4, -0.2) is 19.7 Å². The number of rotatable bonds is 8. The summed E-state index contributed by atoms with van der Waals surface area (Å²) in [5, 5.41) is 8.79. The highest BCUT2D eigenvalue weighted by molar-refractivity contribution is 6.18. The lowest BCUT2D eigenvalue weighted by Crippen LogP contribution is -1.98. The molecule has 0 saturated carbocycles. The Hall–Kier alpha value is -8.21. The number of fused-ring (bicyclic) bond motifs is 3. The Morgan fingerprint density at radius 3 is 1.52 bits per heavy atom. The summed E-state index contributed by atoms with van der Waals surface area (Å²) in [6.07, 6.45) is 0. The van der Waals surface area contributed by atoms with E-state index in [0.717, 1.165) is 100 Å². The molecular formula is C57H38N4. The van der Waals surface area contributed by atoms with Gasteiger partial charge >= 0.3 is 0 Å². The minimum absolute atomic E-state index is 0.663. The average Bonchev–Trinajstić information content (AvgIpc) is 3.76. The normalized spacial score (nSPS) is 11.3. The summed E-state index contributed by atoms with van der Waals surface area (Å²) in [6, 6.07) is 80.9. The molecule has 4 nitrogen and oxygen atoms in total. The van der Waals surface area contributed by atoms with Crippen LogP contribution in [0.5, 0.6) is 0 Å². The first kappa shape index (κ1) is 35.9. The standard InChI is InChI=1S/C57H38N4/c1-5-19-39(20-6-1)42-26-17-28-45(35-42)52-38-53(59-57(58-52)46-29-18-27-43(36-46)40-21-7-2-8-22-40)50-34-16-15-33-49(50)51-37-44-25-13-14-32-48(44)56-54(51)55(41-23-9-3-10-24-41)60-61(56)47-30-11-4-12-31-47/h1-38H. The highest BCUT2D eigenvalue weighted by atomic mass is 15.3. The molecule has 286 valence electrons. The highest BCUT2D eigenvalue weighted by Gasteiger charge is 2.23.